The smallest absolute Gasteiger partial charge is 0.452 e. The Hall–Kier alpha value is -2.77. The van der Waals surface area contributed by atoms with Crippen molar-refractivity contribution >= 4 is 12.1 Å². The highest BCUT2D eigenvalue weighted by Crippen LogP contribution is 2.15. The van der Waals surface area contributed by atoms with Crippen molar-refractivity contribution in [3.8, 4) is 0 Å². The Balaban J connectivity index is 3.03. The first kappa shape index (κ1) is 20.3. The van der Waals surface area contributed by atoms with E-state index in [9.17, 15) is 19.1 Å². The van der Waals surface area contributed by atoms with Gasteiger partial charge in [-0.25, -0.2) is 14.0 Å². The molecule has 1 amide bonds. The molecule has 0 bridgehead atoms. The van der Waals surface area contributed by atoms with Crippen LogP contribution in [0.5, 0.6) is 0 Å². The third kappa shape index (κ3) is 7.56. The topological polar surface area (TPSA) is 97.6 Å². The number of hydrogen-bond acceptors (Lipinski definition) is 6. The number of benzene rings is 1. The summed E-state index contributed by atoms with van der Waals surface area (Å²) in [5.74, 6) is -1.82. The second-order valence-corrected chi connectivity index (χ2v) is 6.00. The summed E-state index contributed by atoms with van der Waals surface area (Å²) in [6, 6.07) is 5.32. The number of allylic oxidation sites excluding steroid dienone is 1. The van der Waals surface area contributed by atoms with Crippen LogP contribution in [0.4, 0.5) is 9.18 Å². The van der Waals surface area contributed by atoms with Gasteiger partial charge >= 0.3 is 12.1 Å². The summed E-state index contributed by atoms with van der Waals surface area (Å²) in [5, 5.41) is 16.9. The highest BCUT2D eigenvalue weighted by molar-refractivity contribution is 5.88. The van der Waals surface area contributed by atoms with Crippen LogP contribution in [-0.2, 0) is 20.7 Å². The average molecular weight is 352 g/mol. The summed E-state index contributed by atoms with van der Waals surface area (Å²) in [6.07, 6.45) is -1.12. The molecule has 0 saturated carbocycles. The fraction of sp³-hybridized carbons (Fsp3) is 0.412. The van der Waals surface area contributed by atoms with Gasteiger partial charge in [0.15, 0.2) is 0 Å². The first-order valence-corrected chi connectivity index (χ1v) is 7.60. The minimum Gasteiger partial charge on any atom is -0.509 e. The molecule has 0 radical (unpaired) electrons. The molecule has 7 nitrogen and oxygen atoms in total. The number of aliphatic hydroxyl groups excluding tert-OH is 1. The van der Waals surface area contributed by atoms with Crippen molar-refractivity contribution in [2.45, 2.75) is 39.7 Å². The summed E-state index contributed by atoms with van der Waals surface area (Å²) in [7, 11) is 0. The molecule has 136 valence electrons. The Bertz CT molecular complexity index is 675. The zero-order chi connectivity index (χ0) is 19.0. The first-order chi connectivity index (χ1) is 11.6. The van der Waals surface area contributed by atoms with Crippen LogP contribution in [-0.4, -0.2) is 29.4 Å². The maximum atomic E-state index is 12.9. The quantitative estimate of drug-likeness (QED) is 0.372. The number of ether oxygens (including phenoxy) is 2. The van der Waals surface area contributed by atoms with Crippen LogP contribution in [0.1, 0.15) is 33.3 Å². The standard InChI is InChI=1S/C17H21FN2O5/c1-5-24-15(22)14(19-20-16(23)25-17(2,3)4)13(21)10-11-6-8-12(18)9-7-11/h6-9,21H,5,10H2,1-4H3. The Labute approximate surface area is 145 Å². The largest absolute Gasteiger partial charge is 0.509 e. The number of azo groups is 1. The van der Waals surface area contributed by atoms with Gasteiger partial charge in [0.1, 0.15) is 17.2 Å². The molecule has 1 aromatic carbocycles. The molecule has 0 atom stereocenters. The summed E-state index contributed by atoms with van der Waals surface area (Å²) >= 11 is 0. The number of nitrogens with zero attached hydrogens (tertiary/aromatic N) is 2. The Morgan fingerprint density at radius 1 is 1.16 bits per heavy atom. The van der Waals surface area contributed by atoms with E-state index in [1.165, 1.54) is 24.3 Å². The molecule has 1 rings (SSSR count). The Morgan fingerprint density at radius 3 is 2.28 bits per heavy atom. The van der Waals surface area contributed by atoms with E-state index in [2.05, 4.69) is 10.2 Å². The molecule has 0 aromatic heterocycles. The lowest BCUT2D eigenvalue weighted by Crippen LogP contribution is -2.21. The van der Waals surface area contributed by atoms with Crippen molar-refractivity contribution in [1.82, 2.24) is 0 Å². The number of rotatable bonds is 5. The molecule has 0 heterocycles. The lowest BCUT2D eigenvalue weighted by Gasteiger charge is -2.16. The summed E-state index contributed by atoms with van der Waals surface area (Å²) in [5.41, 5.74) is -0.759. The molecular weight excluding hydrogens is 331 g/mol. The van der Waals surface area contributed by atoms with Crippen molar-refractivity contribution in [1.29, 1.82) is 0 Å². The number of hydrogen-bond donors (Lipinski definition) is 1. The van der Waals surface area contributed by atoms with Crippen LogP contribution >= 0.6 is 0 Å². The van der Waals surface area contributed by atoms with Crippen LogP contribution in [0.3, 0.4) is 0 Å². The van der Waals surface area contributed by atoms with Gasteiger partial charge in [0.2, 0.25) is 5.70 Å². The Morgan fingerprint density at radius 2 is 1.76 bits per heavy atom. The second-order valence-electron chi connectivity index (χ2n) is 6.00. The molecule has 0 aliphatic rings. The number of halogens is 1. The molecule has 1 N–H and O–H groups in total. The summed E-state index contributed by atoms with van der Waals surface area (Å²) in [6.45, 7) is 6.57. The number of carbonyl (C=O) groups excluding carboxylic acids is 2. The van der Waals surface area contributed by atoms with Crippen LogP contribution in [0, 0.1) is 5.82 Å². The minimum absolute atomic E-state index is 0.0497. The normalized spacial score (nSPS) is 12.7. The maximum Gasteiger partial charge on any atom is 0.452 e. The fourth-order valence-corrected chi connectivity index (χ4v) is 1.67. The second kappa shape index (κ2) is 8.91. The van der Waals surface area contributed by atoms with Gasteiger partial charge in [-0.3, -0.25) is 0 Å². The average Bonchev–Trinajstić information content (AvgIpc) is 2.48. The molecule has 0 unspecified atom stereocenters. The minimum atomic E-state index is -1.01. The monoisotopic (exact) mass is 352 g/mol. The molecule has 1 aromatic rings. The van der Waals surface area contributed by atoms with Crippen molar-refractivity contribution in [2.24, 2.45) is 10.2 Å². The van der Waals surface area contributed by atoms with E-state index in [1.54, 1.807) is 27.7 Å². The van der Waals surface area contributed by atoms with E-state index in [1.807, 2.05) is 0 Å². The van der Waals surface area contributed by atoms with Crippen molar-refractivity contribution in [3.63, 3.8) is 0 Å². The van der Waals surface area contributed by atoms with Gasteiger partial charge in [-0.05, 0) is 45.4 Å². The summed E-state index contributed by atoms with van der Waals surface area (Å²) < 4.78 is 22.7. The van der Waals surface area contributed by atoms with E-state index in [0.717, 1.165) is 0 Å². The highest BCUT2D eigenvalue weighted by atomic mass is 19.1. The predicted octanol–water partition coefficient (Wildman–Crippen LogP) is 4.09. The number of aliphatic hydroxyl groups is 1. The van der Waals surface area contributed by atoms with E-state index in [4.69, 9.17) is 9.47 Å². The van der Waals surface area contributed by atoms with Crippen molar-refractivity contribution in [2.75, 3.05) is 6.61 Å². The molecule has 0 fully saturated rings. The third-order valence-corrected chi connectivity index (χ3v) is 2.65. The van der Waals surface area contributed by atoms with Gasteiger partial charge in [0, 0.05) is 6.42 Å². The van der Waals surface area contributed by atoms with Gasteiger partial charge in [-0.1, -0.05) is 17.2 Å². The lowest BCUT2D eigenvalue weighted by molar-refractivity contribution is -0.138. The van der Waals surface area contributed by atoms with Gasteiger partial charge in [-0.2, -0.15) is 0 Å². The van der Waals surface area contributed by atoms with Gasteiger partial charge in [-0.15, -0.1) is 5.11 Å². The molecule has 0 aliphatic carbocycles. The zero-order valence-electron chi connectivity index (χ0n) is 14.6. The summed E-state index contributed by atoms with van der Waals surface area (Å²) in [4.78, 5) is 23.5. The molecule has 0 saturated heterocycles. The number of esters is 1. The lowest BCUT2D eigenvalue weighted by atomic mass is 10.1. The van der Waals surface area contributed by atoms with Crippen molar-refractivity contribution in [3.05, 3.63) is 47.1 Å². The van der Waals surface area contributed by atoms with E-state index in [-0.39, 0.29) is 13.0 Å². The van der Waals surface area contributed by atoms with E-state index in [0.29, 0.717) is 5.56 Å². The molecule has 0 aliphatic heterocycles. The third-order valence-electron chi connectivity index (χ3n) is 2.65. The molecule has 25 heavy (non-hydrogen) atoms. The highest BCUT2D eigenvalue weighted by Gasteiger charge is 2.20. The van der Waals surface area contributed by atoms with Crippen LogP contribution in [0.2, 0.25) is 0 Å². The predicted molar refractivity (Wildman–Crippen MR) is 87.5 cm³/mol. The van der Waals surface area contributed by atoms with Crippen LogP contribution in [0.15, 0.2) is 46.0 Å². The molecule has 0 spiro atoms. The van der Waals surface area contributed by atoms with Crippen molar-refractivity contribution < 1.29 is 28.6 Å². The van der Waals surface area contributed by atoms with E-state index >= 15 is 0 Å². The SMILES string of the molecule is CCOC(=O)C(N=NC(=O)OC(C)(C)C)=C(O)Cc1ccc(F)cc1. The van der Waals surface area contributed by atoms with Gasteiger partial charge in [0.25, 0.3) is 0 Å². The molecule has 8 heteroatoms. The zero-order valence-corrected chi connectivity index (χ0v) is 14.6. The van der Waals surface area contributed by atoms with Gasteiger partial charge < -0.3 is 14.6 Å². The van der Waals surface area contributed by atoms with Crippen LogP contribution < -0.4 is 0 Å². The van der Waals surface area contributed by atoms with Gasteiger partial charge in [0.05, 0.1) is 6.61 Å². The Kier molecular flexibility index (Phi) is 7.22. The van der Waals surface area contributed by atoms with E-state index < -0.39 is 34.9 Å². The first-order valence-electron chi connectivity index (χ1n) is 7.60. The number of amides is 1. The molecular formula is C17H21FN2O5. The fourth-order valence-electron chi connectivity index (χ4n) is 1.67. The number of carbonyl (C=O) groups is 2. The van der Waals surface area contributed by atoms with Crippen LogP contribution in [0.25, 0.3) is 0 Å². The maximum absolute atomic E-state index is 12.9.